The van der Waals surface area contributed by atoms with Crippen LogP contribution in [-0.4, -0.2) is 33.7 Å². The summed E-state index contributed by atoms with van der Waals surface area (Å²) in [6, 6.07) is 10.0. The van der Waals surface area contributed by atoms with Gasteiger partial charge in [-0.2, -0.15) is 5.10 Å². The zero-order chi connectivity index (χ0) is 16.7. The molecule has 1 heterocycles. The standard InChI is InChI=1S/C19H24N4O/c1-22(19(24)17-14-7-8-15(9-14)18(17)20)11-13-10-21-23(12-13)16-5-3-2-4-6-16/h2-6,10,12,14-15,17-18H,7-9,11,20H2,1H3. The van der Waals surface area contributed by atoms with E-state index in [2.05, 4.69) is 5.10 Å². The molecule has 126 valence electrons. The molecule has 5 heteroatoms. The van der Waals surface area contributed by atoms with E-state index in [4.69, 9.17) is 5.73 Å². The molecular formula is C19H24N4O. The normalized spacial score (nSPS) is 28.2. The molecule has 2 bridgehead atoms. The largest absolute Gasteiger partial charge is 0.341 e. The summed E-state index contributed by atoms with van der Waals surface area (Å²) in [5.74, 6) is 1.25. The highest BCUT2D eigenvalue weighted by atomic mass is 16.2. The number of carbonyl (C=O) groups is 1. The van der Waals surface area contributed by atoms with Crippen molar-refractivity contribution in [3.8, 4) is 5.69 Å². The molecule has 0 saturated heterocycles. The molecule has 2 aromatic rings. The zero-order valence-electron chi connectivity index (χ0n) is 14.0. The number of fused-ring (bicyclic) bond motifs is 2. The third kappa shape index (κ3) is 2.63. The Morgan fingerprint density at radius 3 is 2.75 bits per heavy atom. The van der Waals surface area contributed by atoms with Gasteiger partial charge in [-0.25, -0.2) is 4.68 Å². The lowest BCUT2D eigenvalue weighted by Gasteiger charge is -2.30. The lowest BCUT2D eigenvalue weighted by molar-refractivity contribution is -0.137. The molecule has 0 radical (unpaired) electrons. The fraction of sp³-hybridized carbons (Fsp3) is 0.474. The Morgan fingerprint density at radius 2 is 2.04 bits per heavy atom. The van der Waals surface area contributed by atoms with Crippen LogP contribution in [0.2, 0.25) is 0 Å². The summed E-state index contributed by atoms with van der Waals surface area (Å²) in [6.07, 6.45) is 7.31. The Labute approximate surface area is 142 Å². The molecule has 4 unspecified atom stereocenters. The average molecular weight is 324 g/mol. The number of benzene rings is 1. The van der Waals surface area contributed by atoms with Crippen molar-refractivity contribution in [3.63, 3.8) is 0 Å². The van der Waals surface area contributed by atoms with Crippen molar-refractivity contribution in [2.24, 2.45) is 23.5 Å². The van der Waals surface area contributed by atoms with Crippen LogP contribution in [0.25, 0.3) is 5.69 Å². The molecule has 24 heavy (non-hydrogen) atoms. The third-order valence-electron chi connectivity index (χ3n) is 5.72. The Bertz CT molecular complexity index is 724. The van der Waals surface area contributed by atoms with Crippen LogP contribution in [0, 0.1) is 17.8 Å². The van der Waals surface area contributed by atoms with Crippen LogP contribution in [0.1, 0.15) is 24.8 Å². The van der Waals surface area contributed by atoms with E-state index >= 15 is 0 Å². The summed E-state index contributed by atoms with van der Waals surface area (Å²) in [7, 11) is 1.88. The number of aromatic nitrogens is 2. The van der Waals surface area contributed by atoms with E-state index in [1.54, 1.807) is 0 Å². The minimum Gasteiger partial charge on any atom is -0.341 e. The molecule has 5 nitrogen and oxygen atoms in total. The molecular weight excluding hydrogens is 300 g/mol. The number of nitrogens with zero attached hydrogens (tertiary/aromatic N) is 3. The van der Waals surface area contributed by atoms with Crippen LogP contribution in [0.4, 0.5) is 0 Å². The summed E-state index contributed by atoms with van der Waals surface area (Å²) in [4.78, 5) is 14.7. The minimum atomic E-state index is 0.0120. The molecule has 2 N–H and O–H groups in total. The lowest BCUT2D eigenvalue weighted by atomic mass is 9.84. The summed E-state index contributed by atoms with van der Waals surface area (Å²) in [6.45, 7) is 0.576. The highest BCUT2D eigenvalue weighted by Crippen LogP contribution is 2.48. The van der Waals surface area contributed by atoms with Crippen molar-refractivity contribution >= 4 is 5.91 Å². The fourth-order valence-electron chi connectivity index (χ4n) is 4.47. The molecule has 2 aliphatic rings. The van der Waals surface area contributed by atoms with Gasteiger partial charge in [0.25, 0.3) is 0 Å². The summed E-state index contributed by atoms with van der Waals surface area (Å²) < 4.78 is 1.84. The van der Waals surface area contributed by atoms with E-state index in [-0.39, 0.29) is 17.9 Å². The van der Waals surface area contributed by atoms with Gasteiger partial charge in [-0.1, -0.05) is 18.2 Å². The topological polar surface area (TPSA) is 64.2 Å². The van der Waals surface area contributed by atoms with E-state index in [0.29, 0.717) is 18.4 Å². The van der Waals surface area contributed by atoms with Crippen LogP contribution in [0.5, 0.6) is 0 Å². The van der Waals surface area contributed by atoms with Crippen LogP contribution in [0.15, 0.2) is 42.7 Å². The highest BCUT2D eigenvalue weighted by molar-refractivity contribution is 5.80. The summed E-state index contributed by atoms with van der Waals surface area (Å²) in [5.41, 5.74) is 8.37. The van der Waals surface area contributed by atoms with Gasteiger partial charge < -0.3 is 10.6 Å². The Hall–Kier alpha value is -2.14. The number of amides is 1. The van der Waals surface area contributed by atoms with Gasteiger partial charge >= 0.3 is 0 Å². The lowest BCUT2D eigenvalue weighted by Crippen LogP contribution is -2.45. The Morgan fingerprint density at radius 1 is 1.29 bits per heavy atom. The van der Waals surface area contributed by atoms with Gasteiger partial charge in [0, 0.05) is 31.4 Å². The Kier molecular flexibility index (Phi) is 3.88. The first-order valence-corrected chi connectivity index (χ1v) is 8.73. The zero-order valence-corrected chi connectivity index (χ0v) is 14.0. The predicted octanol–water partition coefficient (Wildman–Crippen LogP) is 2.20. The van der Waals surface area contributed by atoms with E-state index in [0.717, 1.165) is 24.1 Å². The second-order valence-corrected chi connectivity index (χ2v) is 7.26. The second kappa shape index (κ2) is 6.06. The van der Waals surface area contributed by atoms with Crippen LogP contribution < -0.4 is 5.73 Å². The number of rotatable bonds is 4. The highest BCUT2D eigenvalue weighted by Gasteiger charge is 2.49. The van der Waals surface area contributed by atoms with Crippen molar-refractivity contribution in [1.82, 2.24) is 14.7 Å². The number of nitrogens with two attached hydrogens (primary N) is 1. The van der Waals surface area contributed by atoms with Crippen LogP contribution in [0.3, 0.4) is 0 Å². The first-order valence-electron chi connectivity index (χ1n) is 8.73. The first kappa shape index (κ1) is 15.4. The van der Waals surface area contributed by atoms with Crippen molar-refractivity contribution in [2.45, 2.75) is 31.8 Å². The third-order valence-corrected chi connectivity index (χ3v) is 5.72. The van der Waals surface area contributed by atoms with Crippen molar-refractivity contribution in [1.29, 1.82) is 0 Å². The van der Waals surface area contributed by atoms with Crippen LogP contribution in [-0.2, 0) is 11.3 Å². The van der Waals surface area contributed by atoms with Gasteiger partial charge in [-0.15, -0.1) is 0 Å². The summed E-state index contributed by atoms with van der Waals surface area (Å²) >= 11 is 0. The average Bonchev–Trinajstić information content (AvgIpc) is 3.31. The summed E-state index contributed by atoms with van der Waals surface area (Å²) in [5, 5.41) is 4.40. The maximum Gasteiger partial charge on any atom is 0.227 e. The van der Waals surface area contributed by atoms with E-state index < -0.39 is 0 Å². The van der Waals surface area contributed by atoms with Gasteiger partial charge in [0.15, 0.2) is 0 Å². The van der Waals surface area contributed by atoms with Gasteiger partial charge in [-0.05, 0) is 43.2 Å². The molecule has 1 amide bonds. The van der Waals surface area contributed by atoms with E-state index in [1.165, 1.54) is 6.42 Å². The van der Waals surface area contributed by atoms with Gasteiger partial charge in [0.05, 0.1) is 17.8 Å². The van der Waals surface area contributed by atoms with E-state index in [1.807, 2.05) is 59.4 Å². The number of hydrogen-bond donors (Lipinski definition) is 1. The Balaban J connectivity index is 1.44. The second-order valence-electron chi connectivity index (χ2n) is 7.26. The van der Waals surface area contributed by atoms with Crippen LogP contribution >= 0.6 is 0 Å². The molecule has 4 atom stereocenters. The number of para-hydroxylation sites is 1. The van der Waals surface area contributed by atoms with Gasteiger partial charge in [0.2, 0.25) is 5.91 Å². The number of carbonyl (C=O) groups excluding carboxylic acids is 1. The van der Waals surface area contributed by atoms with Gasteiger partial charge in [-0.3, -0.25) is 4.79 Å². The smallest absolute Gasteiger partial charge is 0.227 e. The van der Waals surface area contributed by atoms with E-state index in [9.17, 15) is 4.79 Å². The minimum absolute atomic E-state index is 0.0120. The predicted molar refractivity (Wildman–Crippen MR) is 92.3 cm³/mol. The molecule has 0 spiro atoms. The van der Waals surface area contributed by atoms with Crippen molar-refractivity contribution < 1.29 is 4.79 Å². The molecule has 1 aromatic carbocycles. The molecule has 0 aliphatic heterocycles. The molecule has 2 saturated carbocycles. The maximum atomic E-state index is 12.8. The molecule has 1 aromatic heterocycles. The molecule has 2 fully saturated rings. The maximum absolute atomic E-state index is 12.8. The SMILES string of the molecule is CN(Cc1cnn(-c2ccccc2)c1)C(=O)C1C2CCC(C2)C1N. The fourth-order valence-corrected chi connectivity index (χ4v) is 4.47. The quantitative estimate of drug-likeness (QED) is 0.938. The molecule has 2 aliphatic carbocycles. The van der Waals surface area contributed by atoms with Gasteiger partial charge in [0.1, 0.15) is 0 Å². The monoisotopic (exact) mass is 324 g/mol. The van der Waals surface area contributed by atoms with Crippen molar-refractivity contribution in [3.05, 3.63) is 48.3 Å². The molecule has 4 rings (SSSR count). The number of hydrogen-bond acceptors (Lipinski definition) is 3. The first-order chi connectivity index (χ1) is 11.6. The van der Waals surface area contributed by atoms with Crippen molar-refractivity contribution in [2.75, 3.05) is 7.05 Å².